The van der Waals surface area contributed by atoms with Crippen molar-refractivity contribution in [2.75, 3.05) is 0 Å². The molecule has 0 unspecified atom stereocenters. The lowest BCUT2D eigenvalue weighted by Crippen LogP contribution is -1.98. The quantitative estimate of drug-likeness (QED) is 0.445. The number of nitrogens with zero attached hydrogens (tertiary/aromatic N) is 6. The predicted molar refractivity (Wildman–Crippen MR) is 109 cm³/mol. The van der Waals surface area contributed by atoms with Gasteiger partial charge in [-0.3, -0.25) is 0 Å². The van der Waals surface area contributed by atoms with Gasteiger partial charge in [-0.05, 0) is 35.9 Å². The first-order valence-electron chi connectivity index (χ1n) is 9.33. The third kappa shape index (κ3) is 3.50. The SMILES string of the molecule is Cn1cnc(-c2cc(Oc3ccc(Cc4ncccn4)cc3F)c3ccnn3c2)c1. The average Bonchev–Trinajstić information content (AvgIpc) is 3.39. The summed E-state index contributed by atoms with van der Waals surface area (Å²) >= 11 is 0. The summed E-state index contributed by atoms with van der Waals surface area (Å²) in [4.78, 5) is 12.7. The Kier molecular flexibility index (Phi) is 4.44. The number of imidazole rings is 1. The highest BCUT2D eigenvalue weighted by atomic mass is 19.1. The van der Waals surface area contributed by atoms with Crippen molar-refractivity contribution >= 4 is 5.52 Å². The Labute approximate surface area is 171 Å². The normalized spacial score (nSPS) is 11.1. The fraction of sp³-hybridized carbons (Fsp3) is 0.0909. The minimum atomic E-state index is -0.454. The first-order valence-corrected chi connectivity index (χ1v) is 9.33. The fourth-order valence-corrected chi connectivity index (χ4v) is 3.24. The van der Waals surface area contributed by atoms with Crippen LogP contribution in [0.15, 0.2) is 73.7 Å². The average molecular weight is 400 g/mol. The monoisotopic (exact) mass is 400 g/mol. The zero-order valence-corrected chi connectivity index (χ0v) is 16.1. The zero-order chi connectivity index (χ0) is 20.5. The molecule has 5 aromatic rings. The van der Waals surface area contributed by atoms with Crippen LogP contribution >= 0.6 is 0 Å². The predicted octanol–water partition coefficient (Wildman–Crippen LogP) is 4.05. The molecule has 8 heteroatoms. The molecule has 4 heterocycles. The molecule has 0 saturated carbocycles. The number of aryl methyl sites for hydroxylation is 1. The molecule has 0 aliphatic heterocycles. The number of rotatable bonds is 5. The number of ether oxygens (including phenoxy) is 1. The van der Waals surface area contributed by atoms with Gasteiger partial charge < -0.3 is 9.30 Å². The van der Waals surface area contributed by atoms with Gasteiger partial charge in [0.1, 0.15) is 11.3 Å². The van der Waals surface area contributed by atoms with Gasteiger partial charge in [0.25, 0.3) is 0 Å². The van der Waals surface area contributed by atoms with Crippen LogP contribution in [0.5, 0.6) is 11.5 Å². The van der Waals surface area contributed by atoms with E-state index in [9.17, 15) is 4.39 Å². The minimum Gasteiger partial charge on any atom is -0.452 e. The number of hydrogen-bond acceptors (Lipinski definition) is 5. The molecule has 0 aliphatic carbocycles. The van der Waals surface area contributed by atoms with Crippen LogP contribution in [0.2, 0.25) is 0 Å². The summed E-state index contributed by atoms with van der Waals surface area (Å²) in [6, 6.07) is 10.3. The van der Waals surface area contributed by atoms with Crippen LogP contribution in [-0.4, -0.2) is 29.1 Å². The standard InChI is InChI=1S/C22H17FN6O/c1-28-13-18(26-14-28)16-11-21(19-5-8-27-29(19)12-16)30-20-4-3-15(9-17(20)23)10-22-24-6-2-7-25-22/h2-9,11-14H,10H2,1H3. The Morgan fingerprint density at radius 3 is 2.60 bits per heavy atom. The summed E-state index contributed by atoms with van der Waals surface area (Å²) in [7, 11) is 1.90. The molecule has 0 N–H and O–H groups in total. The van der Waals surface area contributed by atoms with Crippen LogP contribution in [0.25, 0.3) is 16.8 Å². The lowest BCUT2D eigenvalue weighted by molar-refractivity contribution is 0.444. The van der Waals surface area contributed by atoms with E-state index in [1.54, 1.807) is 41.6 Å². The maximum Gasteiger partial charge on any atom is 0.166 e. The molecule has 1 aromatic carbocycles. The zero-order valence-electron chi connectivity index (χ0n) is 16.1. The van der Waals surface area contributed by atoms with Crippen molar-refractivity contribution in [3.8, 4) is 22.8 Å². The van der Waals surface area contributed by atoms with Crippen LogP contribution in [0, 0.1) is 5.82 Å². The Morgan fingerprint density at radius 2 is 1.83 bits per heavy atom. The molecule has 0 spiro atoms. The van der Waals surface area contributed by atoms with E-state index < -0.39 is 5.82 Å². The molecular formula is C22H17FN6O. The lowest BCUT2D eigenvalue weighted by atomic mass is 10.1. The summed E-state index contributed by atoms with van der Waals surface area (Å²) in [5, 5.41) is 4.29. The molecule has 4 aromatic heterocycles. The maximum atomic E-state index is 14.8. The van der Waals surface area contributed by atoms with Gasteiger partial charge in [-0.25, -0.2) is 23.9 Å². The molecule has 0 atom stereocenters. The summed E-state index contributed by atoms with van der Waals surface area (Å²) < 4.78 is 24.3. The van der Waals surface area contributed by atoms with Crippen molar-refractivity contribution in [1.29, 1.82) is 0 Å². The molecule has 0 fully saturated rings. The highest BCUT2D eigenvalue weighted by molar-refractivity contribution is 5.69. The second-order valence-electron chi connectivity index (χ2n) is 6.89. The molecule has 0 aliphatic rings. The van der Waals surface area contributed by atoms with Crippen LogP contribution in [0.4, 0.5) is 4.39 Å². The molecule has 0 saturated heterocycles. The molecule has 0 bridgehead atoms. The number of halogens is 1. The van der Waals surface area contributed by atoms with Crippen LogP contribution < -0.4 is 4.74 Å². The van der Waals surface area contributed by atoms with Crippen molar-refractivity contribution in [3.63, 3.8) is 0 Å². The molecule has 0 radical (unpaired) electrons. The molecular weight excluding hydrogens is 383 g/mol. The topological polar surface area (TPSA) is 70.1 Å². The highest BCUT2D eigenvalue weighted by Crippen LogP contribution is 2.32. The smallest absolute Gasteiger partial charge is 0.166 e. The maximum absolute atomic E-state index is 14.8. The number of fused-ring (bicyclic) bond motifs is 1. The minimum absolute atomic E-state index is 0.133. The number of pyridine rings is 1. The van der Waals surface area contributed by atoms with E-state index in [2.05, 4.69) is 20.1 Å². The van der Waals surface area contributed by atoms with E-state index in [0.717, 1.165) is 22.3 Å². The van der Waals surface area contributed by atoms with E-state index in [-0.39, 0.29) is 5.75 Å². The third-order valence-corrected chi connectivity index (χ3v) is 4.67. The lowest BCUT2D eigenvalue weighted by Gasteiger charge is -2.11. The molecule has 148 valence electrons. The Bertz CT molecular complexity index is 1330. The van der Waals surface area contributed by atoms with Gasteiger partial charge in [0.05, 0.1) is 18.2 Å². The van der Waals surface area contributed by atoms with Gasteiger partial charge in [0.2, 0.25) is 0 Å². The van der Waals surface area contributed by atoms with Crippen molar-refractivity contribution in [2.24, 2.45) is 7.05 Å². The van der Waals surface area contributed by atoms with Crippen molar-refractivity contribution in [3.05, 3.63) is 90.9 Å². The Morgan fingerprint density at radius 1 is 0.967 bits per heavy atom. The second-order valence-corrected chi connectivity index (χ2v) is 6.89. The number of aromatic nitrogens is 6. The second kappa shape index (κ2) is 7.40. The van der Waals surface area contributed by atoms with E-state index in [4.69, 9.17) is 4.74 Å². The van der Waals surface area contributed by atoms with Gasteiger partial charge in [-0.2, -0.15) is 5.10 Å². The molecule has 0 amide bonds. The molecule has 7 nitrogen and oxygen atoms in total. The highest BCUT2D eigenvalue weighted by Gasteiger charge is 2.13. The summed E-state index contributed by atoms with van der Waals surface area (Å²) in [6.45, 7) is 0. The van der Waals surface area contributed by atoms with Crippen LogP contribution in [0.3, 0.4) is 0 Å². The van der Waals surface area contributed by atoms with Crippen molar-refractivity contribution in [1.82, 2.24) is 29.1 Å². The fourth-order valence-electron chi connectivity index (χ4n) is 3.24. The van der Waals surface area contributed by atoms with E-state index >= 15 is 0 Å². The van der Waals surface area contributed by atoms with Crippen LogP contribution in [-0.2, 0) is 13.5 Å². The van der Waals surface area contributed by atoms with E-state index in [1.807, 2.05) is 42.2 Å². The third-order valence-electron chi connectivity index (χ3n) is 4.67. The summed E-state index contributed by atoms with van der Waals surface area (Å²) in [5.41, 5.74) is 3.09. The van der Waals surface area contributed by atoms with Crippen molar-refractivity contribution in [2.45, 2.75) is 6.42 Å². The first kappa shape index (κ1) is 18.0. The summed E-state index contributed by atoms with van der Waals surface area (Å²) in [5.74, 6) is 0.807. The van der Waals surface area contributed by atoms with Gasteiger partial charge in [-0.15, -0.1) is 0 Å². The van der Waals surface area contributed by atoms with Gasteiger partial charge in [0, 0.05) is 43.8 Å². The molecule has 5 rings (SSSR count). The van der Waals surface area contributed by atoms with Crippen molar-refractivity contribution < 1.29 is 9.13 Å². The first-order chi connectivity index (χ1) is 14.7. The van der Waals surface area contributed by atoms with Gasteiger partial charge in [0.15, 0.2) is 17.3 Å². The number of hydrogen-bond donors (Lipinski definition) is 0. The summed E-state index contributed by atoms with van der Waals surface area (Å²) in [6.07, 6.45) is 10.9. The van der Waals surface area contributed by atoms with Crippen LogP contribution in [0.1, 0.15) is 11.4 Å². The van der Waals surface area contributed by atoms with E-state index in [0.29, 0.717) is 18.0 Å². The number of benzene rings is 1. The Balaban J connectivity index is 1.47. The molecule has 30 heavy (non-hydrogen) atoms. The largest absolute Gasteiger partial charge is 0.452 e. The van der Waals surface area contributed by atoms with Gasteiger partial charge in [-0.1, -0.05) is 6.07 Å². The van der Waals surface area contributed by atoms with Gasteiger partial charge >= 0.3 is 0 Å². The van der Waals surface area contributed by atoms with E-state index in [1.165, 1.54) is 6.07 Å². The Hall–Kier alpha value is -4.07.